The van der Waals surface area contributed by atoms with E-state index in [1.54, 1.807) is 0 Å². The Kier molecular flexibility index (Phi) is 5.41. The Morgan fingerprint density at radius 3 is 2.16 bits per heavy atom. The molecule has 0 bridgehead atoms. The van der Waals surface area contributed by atoms with E-state index < -0.39 is 0 Å². The summed E-state index contributed by atoms with van der Waals surface area (Å²) < 4.78 is 2.13. The molecule has 1 aliphatic heterocycles. The van der Waals surface area contributed by atoms with Gasteiger partial charge in [-0.15, -0.1) is 0 Å². The Labute approximate surface area is 221 Å². The van der Waals surface area contributed by atoms with Crippen LogP contribution in [0.25, 0.3) is 40.5 Å². The van der Waals surface area contributed by atoms with Gasteiger partial charge < -0.3 is 4.90 Å². The summed E-state index contributed by atoms with van der Waals surface area (Å²) in [6, 6.07) is 40.1. The van der Waals surface area contributed by atoms with Crippen LogP contribution in [0.4, 0.5) is 17.1 Å². The number of benzene rings is 4. The van der Waals surface area contributed by atoms with Gasteiger partial charge in [0.1, 0.15) is 5.82 Å². The zero-order chi connectivity index (χ0) is 25.3. The summed E-state index contributed by atoms with van der Waals surface area (Å²) in [5.41, 5.74) is 9.79. The lowest BCUT2D eigenvalue weighted by Gasteiger charge is -2.28. The van der Waals surface area contributed by atoms with Gasteiger partial charge in [0.15, 0.2) is 0 Å². The Hall–Kier alpha value is -5.22. The second-order valence-corrected chi connectivity index (χ2v) is 9.22. The maximum absolute atomic E-state index is 4.75. The van der Waals surface area contributed by atoms with Gasteiger partial charge in [0.2, 0.25) is 0 Å². The van der Waals surface area contributed by atoms with Crippen LogP contribution in [-0.4, -0.2) is 14.5 Å². The van der Waals surface area contributed by atoms with E-state index in [0.29, 0.717) is 0 Å². The van der Waals surface area contributed by atoms with Crippen LogP contribution in [-0.2, 0) is 0 Å². The first-order valence-corrected chi connectivity index (χ1v) is 12.7. The zero-order valence-corrected chi connectivity index (χ0v) is 20.6. The molecule has 0 atom stereocenters. The zero-order valence-electron chi connectivity index (χ0n) is 20.6. The minimum absolute atomic E-state index is 0.905. The summed E-state index contributed by atoms with van der Waals surface area (Å²) in [5, 5.41) is 0. The Morgan fingerprint density at radius 1 is 0.500 bits per heavy atom. The van der Waals surface area contributed by atoms with Crippen LogP contribution in [0.15, 0.2) is 134 Å². The van der Waals surface area contributed by atoms with E-state index >= 15 is 0 Å². The third kappa shape index (κ3) is 3.89. The van der Waals surface area contributed by atoms with Crippen molar-refractivity contribution in [2.45, 2.75) is 0 Å². The van der Waals surface area contributed by atoms with Crippen LogP contribution >= 0.6 is 0 Å². The van der Waals surface area contributed by atoms with E-state index in [4.69, 9.17) is 4.98 Å². The molecule has 6 aromatic rings. The molecule has 0 saturated carbocycles. The molecular formula is C34H24N4. The molecule has 0 saturated heterocycles. The summed E-state index contributed by atoms with van der Waals surface area (Å²) in [4.78, 5) is 11.7. The van der Waals surface area contributed by atoms with E-state index in [0.717, 1.165) is 51.0 Å². The molecular weight excluding hydrogens is 464 g/mol. The molecule has 0 spiro atoms. The molecule has 4 heteroatoms. The molecule has 38 heavy (non-hydrogen) atoms. The van der Waals surface area contributed by atoms with Gasteiger partial charge in [-0.2, -0.15) is 0 Å². The lowest BCUT2D eigenvalue weighted by molar-refractivity contribution is 1.07. The van der Waals surface area contributed by atoms with E-state index in [2.05, 4.69) is 105 Å². The van der Waals surface area contributed by atoms with Crippen LogP contribution in [0, 0.1) is 0 Å². The van der Waals surface area contributed by atoms with Gasteiger partial charge in [0, 0.05) is 41.1 Å². The molecule has 4 aromatic carbocycles. The van der Waals surface area contributed by atoms with Gasteiger partial charge in [-0.25, -0.2) is 4.98 Å². The fourth-order valence-corrected chi connectivity index (χ4v) is 5.09. The van der Waals surface area contributed by atoms with Crippen LogP contribution < -0.4 is 4.90 Å². The van der Waals surface area contributed by atoms with Gasteiger partial charge in [0.25, 0.3) is 0 Å². The number of nitrogens with zero attached hydrogens (tertiary/aromatic N) is 4. The first-order chi connectivity index (χ1) is 18.8. The van der Waals surface area contributed by atoms with Crippen LogP contribution in [0.2, 0.25) is 0 Å². The smallest absolute Gasteiger partial charge is 0.144 e. The van der Waals surface area contributed by atoms with Gasteiger partial charge in [-0.3, -0.25) is 9.55 Å². The minimum Gasteiger partial charge on any atom is -0.309 e. The van der Waals surface area contributed by atoms with Crippen molar-refractivity contribution in [1.29, 1.82) is 0 Å². The van der Waals surface area contributed by atoms with Crippen molar-refractivity contribution in [3.8, 4) is 28.3 Å². The van der Waals surface area contributed by atoms with Crippen LogP contribution in [0.1, 0.15) is 11.1 Å². The molecule has 0 radical (unpaired) electrons. The fourth-order valence-electron chi connectivity index (χ4n) is 5.09. The third-order valence-corrected chi connectivity index (χ3v) is 6.89. The average Bonchev–Trinajstić information content (AvgIpc) is 3.42. The Morgan fingerprint density at radius 2 is 1.29 bits per heavy atom. The van der Waals surface area contributed by atoms with Crippen molar-refractivity contribution in [3.05, 3.63) is 145 Å². The first-order valence-electron chi connectivity index (χ1n) is 12.7. The first kappa shape index (κ1) is 22.0. The second-order valence-electron chi connectivity index (χ2n) is 9.22. The quantitative estimate of drug-likeness (QED) is 0.249. The lowest BCUT2D eigenvalue weighted by atomic mass is 10.0. The number of anilines is 3. The predicted molar refractivity (Wildman–Crippen MR) is 156 cm³/mol. The second kappa shape index (κ2) is 9.34. The van der Waals surface area contributed by atoms with Crippen molar-refractivity contribution in [3.63, 3.8) is 0 Å². The average molecular weight is 489 g/mol. The molecule has 4 nitrogen and oxygen atoms in total. The van der Waals surface area contributed by atoms with Gasteiger partial charge in [-0.05, 0) is 59.7 Å². The van der Waals surface area contributed by atoms with Crippen LogP contribution in [0.5, 0.6) is 0 Å². The summed E-state index contributed by atoms with van der Waals surface area (Å²) in [7, 11) is 0. The number of hydrogen-bond acceptors (Lipinski definition) is 3. The summed E-state index contributed by atoms with van der Waals surface area (Å²) >= 11 is 0. The monoisotopic (exact) mass is 488 g/mol. The molecule has 0 amide bonds. The molecule has 0 N–H and O–H groups in total. The maximum atomic E-state index is 4.75. The number of pyridine rings is 1. The van der Waals surface area contributed by atoms with Crippen molar-refractivity contribution >= 4 is 29.2 Å². The van der Waals surface area contributed by atoms with E-state index in [1.165, 1.54) is 5.56 Å². The highest BCUT2D eigenvalue weighted by Gasteiger charge is 2.22. The lowest BCUT2D eigenvalue weighted by Crippen LogP contribution is -2.12. The number of imidazole rings is 1. The Bertz CT molecular complexity index is 1770. The number of aromatic nitrogens is 3. The number of rotatable bonds is 4. The van der Waals surface area contributed by atoms with Gasteiger partial charge in [-0.1, -0.05) is 78.9 Å². The summed E-state index contributed by atoms with van der Waals surface area (Å²) in [5.74, 6) is 0.905. The van der Waals surface area contributed by atoms with Crippen LogP contribution in [0.3, 0.4) is 0 Å². The topological polar surface area (TPSA) is 34.0 Å². The fraction of sp³-hybridized carbons (Fsp3) is 0. The largest absolute Gasteiger partial charge is 0.309 e. The normalized spacial score (nSPS) is 12.1. The van der Waals surface area contributed by atoms with Gasteiger partial charge >= 0.3 is 0 Å². The highest BCUT2D eigenvalue weighted by molar-refractivity contribution is 5.95. The number of para-hydroxylation sites is 2. The highest BCUT2D eigenvalue weighted by atomic mass is 15.1. The molecule has 7 rings (SSSR count). The van der Waals surface area contributed by atoms with Crippen molar-refractivity contribution in [2.75, 3.05) is 4.90 Å². The van der Waals surface area contributed by atoms with Crippen molar-refractivity contribution in [2.24, 2.45) is 0 Å². The molecule has 0 aliphatic carbocycles. The summed E-state index contributed by atoms with van der Waals surface area (Å²) in [6.07, 6.45) is 10.1. The van der Waals surface area contributed by atoms with E-state index in [1.807, 2.05) is 55.0 Å². The summed E-state index contributed by atoms with van der Waals surface area (Å²) in [6.45, 7) is 0. The molecule has 0 fully saturated rings. The predicted octanol–water partition coefficient (Wildman–Crippen LogP) is 8.55. The molecule has 3 heterocycles. The molecule has 1 aliphatic rings. The number of fused-ring (bicyclic) bond motifs is 2. The SMILES string of the molecule is C1=Cc2ccc(-c3nccn3-c3ccccc3)cc2N(c2cccc(-c3ccccn3)c2)c2ccccc21. The van der Waals surface area contributed by atoms with E-state index in [-0.39, 0.29) is 0 Å². The van der Waals surface area contributed by atoms with Gasteiger partial charge in [0.05, 0.1) is 17.1 Å². The molecule has 180 valence electrons. The molecule has 2 aromatic heterocycles. The minimum atomic E-state index is 0.905. The third-order valence-electron chi connectivity index (χ3n) is 6.89. The van der Waals surface area contributed by atoms with E-state index in [9.17, 15) is 0 Å². The number of hydrogen-bond donors (Lipinski definition) is 0. The maximum Gasteiger partial charge on any atom is 0.144 e. The molecule has 0 unspecified atom stereocenters. The standard InChI is InChI=1S/C34H24N4/c1-2-11-29(12-3-1)37-22-21-36-34(37)28-19-18-26-17-16-25-9-4-5-15-32(25)38(33(26)24-28)30-13-8-10-27(23-30)31-14-6-7-20-35-31/h1-24H. The van der Waals surface area contributed by atoms with Crippen molar-refractivity contribution in [1.82, 2.24) is 14.5 Å². The van der Waals surface area contributed by atoms with Crippen molar-refractivity contribution < 1.29 is 0 Å². The highest BCUT2D eigenvalue weighted by Crippen LogP contribution is 2.44. The Balaban J connectivity index is 1.41.